The zero-order chi connectivity index (χ0) is 14.4. The van der Waals surface area contributed by atoms with E-state index in [1.54, 1.807) is 6.07 Å². The summed E-state index contributed by atoms with van der Waals surface area (Å²) in [5, 5.41) is 3.88. The number of benzene rings is 1. The SMILES string of the molecule is Nc1ccc2cccc(-c3cc4c([nH]3)CCNC4=O)c2n1. The third kappa shape index (κ3) is 1.86. The summed E-state index contributed by atoms with van der Waals surface area (Å²) in [5.74, 6) is 0.468. The molecule has 1 amide bonds. The number of H-pyrrole nitrogens is 1. The number of rotatable bonds is 1. The number of para-hydroxylation sites is 1. The van der Waals surface area contributed by atoms with Crippen LogP contribution in [0.15, 0.2) is 36.4 Å². The first kappa shape index (κ1) is 12.0. The van der Waals surface area contributed by atoms with Gasteiger partial charge in [-0.05, 0) is 18.2 Å². The van der Waals surface area contributed by atoms with Crippen LogP contribution in [0.4, 0.5) is 5.82 Å². The number of carbonyl (C=O) groups excluding carboxylic acids is 1. The molecule has 0 unspecified atom stereocenters. The molecule has 1 aliphatic rings. The van der Waals surface area contributed by atoms with E-state index >= 15 is 0 Å². The van der Waals surface area contributed by atoms with Crippen molar-refractivity contribution in [3.8, 4) is 11.3 Å². The Balaban J connectivity index is 1.95. The number of fused-ring (bicyclic) bond motifs is 2. The van der Waals surface area contributed by atoms with Crippen molar-refractivity contribution in [2.75, 3.05) is 12.3 Å². The van der Waals surface area contributed by atoms with E-state index in [9.17, 15) is 4.79 Å². The largest absolute Gasteiger partial charge is 0.384 e. The molecule has 4 N–H and O–H groups in total. The summed E-state index contributed by atoms with van der Waals surface area (Å²) < 4.78 is 0. The second-order valence-electron chi connectivity index (χ2n) is 5.19. The van der Waals surface area contributed by atoms with E-state index in [1.807, 2.05) is 30.3 Å². The smallest absolute Gasteiger partial charge is 0.253 e. The minimum atomic E-state index is -0.0218. The summed E-state index contributed by atoms with van der Waals surface area (Å²) in [6.07, 6.45) is 0.821. The fraction of sp³-hybridized carbons (Fsp3) is 0.125. The molecule has 1 aromatic carbocycles. The molecule has 0 fully saturated rings. The van der Waals surface area contributed by atoms with Crippen molar-refractivity contribution in [3.05, 3.63) is 47.7 Å². The zero-order valence-electron chi connectivity index (χ0n) is 11.3. The molecule has 5 heteroatoms. The number of nitrogens with zero attached hydrogens (tertiary/aromatic N) is 1. The fourth-order valence-corrected chi connectivity index (χ4v) is 2.82. The van der Waals surface area contributed by atoms with Gasteiger partial charge in [0.15, 0.2) is 0 Å². The van der Waals surface area contributed by atoms with Crippen LogP contribution in [0.3, 0.4) is 0 Å². The molecule has 0 spiro atoms. The molecule has 0 aliphatic carbocycles. The second kappa shape index (κ2) is 4.34. The van der Waals surface area contributed by atoms with E-state index in [2.05, 4.69) is 15.3 Å². The lowest BCUT2D eigenvalue weighted by Gasteiger charge is -2.11. The third-order valence-corrected chi connectivity index (χ3v) is 3.84. The summed E-state index contributed by atoms with van der Waals surface area (Å²) in [6, 6.07) is 11.6. The van der Waals surface area contributed by atoms with Gasteiger partial charge in [0.25, 0.3) is 5.91 Å². The Kier molecular flexibility index (Phi) is 2.47. The van der Waals surface area contributed by atoms with Crippen LogP contribution in [0, 0.1) is 0 Å². The Labute approximate surface area is 121 Å². The normalized spacial score (nSPS) is 14.0. The molecule has 1 aliphatic heterocycles. The number of nitrogens with two attached hydrogens (primary N) is 1. The summed E-state index contributed by atoms with van der Waals surface area (Å²) in [4.78, 5) is 19.7. The molecule has 21 heavy (non-hydrogen) atoms. The number of nitrogens with one attached hydrogen (secondary N) is 2. The van der Waals surface area contributed by atoms with E-state index in [0.717, 1.165) is 39.8 Å². The summed E-state index contributed by atoms with van der Waals surface area (Å²) in [5.41, 5.74) is 10.2. The van der Waals surface area contributed by atoms with Crippen molar-refractivity contribution in [1.29, 1.82) is 0 Å². The molecule has 0 saturated carbocycles. The maximum absolute atomic E-state index is 11.9. The lowest BCUT2D eigenvalue weighted by atomic mass is 10.1. The van der Waals surface area contributed by atoms with Gasteiger partial charge in [0.05, 0.1) is 11.1 Å². The molecular formula is C16H14N4O. The van der Waals surface area contributed by atoms with E-state index in [4.69, 9.17) is 5.73 Å². The van der Waals surface area contributed by atoms with Crippen molar-refractivity contribution in [2.45, 2.75) is 6.42 Å². The highest BCUT2D eigenvalue weighted by molar-refractivity contribution is 6.00. The van der Waals surface area contributed by atoms with Gasteiger partial charge in [-0.25, -0.2) is 4.98 Å². The monoisotopic (exact) mass is 278 g/mol. The van der Waals surface area contributed by atoms with Gasteiger partial charge in [-0.1, -0.05) is 18.2 Å². The number of amides is 1. The Morgan fingerprint density at radius 1 is 1.14 bits per heavy atom. The highest BCUT2D eigenvalue weighted by atomic mass is 16.1. The molecule has 3 aromatic rings. The highest BCUT2D eigenvalue weighted by Crippen LogP contribution is 2.29. The highest BCUT2D eigenvalue weighted by Gasteiger charge is 2.20. The van der Waals surface area contributed by atoms with E-state index in [1.165, 1.54) is 0 Å². The number of aromatic nitrogens is 2. The first-order valence-corrected chi connectivity index (χ1v) is 6.88. The topological polar surface area (TPSA) is 83.8 Å². The predicted octanol–water partition coefficient (Wildman–Crippen LogP) is 2.10. The van der Waals surface area contributed by atoms with Gasteiger partial charge < -0.3 is 16.0 Å². The number of aromatic amines is 1. The Morgan fingerprint density at radius 2 is 2.05 bits per heavy atom. The van der Waals surface area contributed by atoms with Crippen molar-refractivity contribution in [3.63, 3.8) is 0 Å². The summed E-state index contributed by atoms with van der Waals surface area (Å²) in [7, 11) is 0. The van der Waals surface area contributed by atoms with E-state index in [-0.39, 0.29) is 5.91 Å². The lowest BCUT2D eigenvalue weighted by Crippen LogP contribution is -2.31. The van der Waals surface area contributed by atoms with Crippen LogP contribution in [-0.4, -0.2) is 22.4 Å². The van der Waals surface area contributed by atoms with Crippen LogP contribution >= 0.6 is 0 Å². The molecule has 104 valence electrons. The Morgan fingerprint density at radius 3 is 2.90 bits per heavy atom. The van der Waals surface area contributed by atoms with Gasteiger partial charge in [-0.2, -0.15) is 0 Å². The van der Waals surface area contributed by atoms with Gasteiger partial charge in [-0.15, -0.1) is 0 Å². The Hall–Kier alpha value is -2.82. The number of hydrogen-bond acceptors (Lipinski definition) is 3. The van der Waals surface area contributed by atoms with E-state index < -0.39 is 0 Å². The average Bonchev–Trinajstić information content (AvgIpc) is 2.92. The van der Waals surface area contributed by atoms with Crippen molar-refractivity contribution in [1.82, 2.24) is 15.3 Å². The standard InChI is InChI=1S/C16H14N4O/c17-14-5-4-9-2-1-3-10(15(9)20-14)13-8-11-12(19-13)6-7-18-16(11)21/h1-5,8,19H,6-7H2,(H2,17,20)(H,18,21). The maximum atomic E-state index is 11.9. The Bertz CT molecular complexity index is 866. The molecule has 5 nitrogen and oxygen atoms in total. The number of hydrogen-bond donors (Lipinski definition) is 3. The minimum Gasteiger partial charge on any atom is -0.384 e. The fourth-order valence-electron chi connectivity index (χ4n) is 2.82. The van der Waals surface area contributed by atoms with Gasteiger partial charge in [-0.3, -0.25) is 4.79 Å². The van der Waals surface area contributed by atoms with Gasteiger partial charge in [0.2, 0.25) is 0 Å². The lowest BCUT2D eigenvalue weighted by molar-refractivity contribution is 0.0946. The number of pyridine rings is 1. The van der Waals surface area contributed by atoms with Gasteiger partial charge in [0.1, 0.15) is 5.82 Å². The number of nitrogen functional groups attached to an aromatic ring is 1. The van der Waals surface area contributed by atoms with E-state index in [0.29, 0.717) is 12.4 Å². The quantitative estimate of drug-likeness (QED) is 0.637. The zero-order valence-corrected chi connectivity index (χ0v) is 11.3. The molecule has 4 rings (SSSR count). The number of anilines is 1. The molecule has 0 atom stereocenters. The summed E-state index contributed by atoms with van der Waals surface area (Å²) >= 11 is 0. The maximum Gasteiger partial charge on any atom is 0.253 e. The van der Waals surface area contributed by atoms with Crippen LogP contribution in [0.1, 0.15) is 16.1 Å². The van der Waals surface area contributed by atoms with Crippen LogP contribution < -0.4 is 11.1 Å². The van der Waals surface area contributed by atoms with Crippen LogP contribution in [0.5, 0.6) is 0 Å². The first-order valence-electron chi connectivity index (χ1n) is 6.88. The molecule has 3 heterocycles. The molecule has 0 radical (unpaired) electrons. The van der Waals surface area contributed by atoms with Crippen molar-refractivity contribution < 1.29 is 4.79 Å². The van der Waals surface area contributed by atoms with Crippen LogP contribution in [0.2, 0.25) is 0 Å². The first-order chi connectivity index (χ1) is 10.2. The summed E-state index contributed by atoms with van der Waals surface area (Å²) in [6.45, 7) is 0.673. The predicted molar refractivity (Wildman–Crippen MR) is 82.0 cm³/mol. The third-order valence-electron chi connectivity index (χ3n) is 3.84. The van der Waals surface area contributed by atoms with Crippen LogP contribution in [0.25, 0.3) is 22.2 Å². The minimum absolute atomic E-state index is 0.0218. The van der Waals surface area contributed by atoms with Crippen LogP contribution in [-0.2, 0) is 6.42 Å². The van der Waals surface area contributed by atoms with Gasteiger partial charge >= 0.3 is 0 Å². The molecule has 0 bridgehead atoms. The molecule has 0 saturated heterocycles. The molecular weight excluding hydrogens is 264 g/mol. The van der Waals surface area contributed by atoms with Crippen molar-refractivity contribution in [2.24, 2.45) is 0 Å². The molecule has 2 aromatic heterocycles. The average molecular weight is 278 g/mol. The second-order valence-corrected chi connectivity index (χ2v) is 5.19. The van der Waals surface area contributed by atoms with Gasteiger partial charge in [0, 0.05) is 35.3 Å². The van der Waals surface area contributed by atoms with Crippen molar-refractivity contribution >= 4 is 22.6 Å². The number of carbonyl (C=O) groups is 1.